The van der Waals surface area contributed by atoms with Crippen LogP contribution in [0.4, 0.5) is 5.69 Å². The zero-order valence-corrected chi connectivity index (χ0v) is 16.1. The summed E-state index contributed by atoms with van der Waals surface area (Å²) >= 11 is 6.07. The van der Waals surface area contributed by atoms with Crippen LogP contribution in [-0.4, -0.2) is 19.0 Å². The molecule has 0 spiro atoms. The quantitative estimate of drug-likeness (QED) is 0.599. The van der Waals surface area contributed by atoms with Crippen LogP contribution in [0.5, 0.6) is 11.5 Å². The van der Waals surface area contributed by atoms with Gasteiger partial charge in [0.05, 0.1) is 30.0 Å². The predicted molar refractivity (Wildman–Crippen MR) is 108 cm³/mol. The number of nitrogens with one attached hydrogen (secondary N) is 1. The topological polar surface area (TPSA) is 88.4 Å². The third-order valence-electron chi connectivity index (χ3n) is 3.97. The van der Waals surface area contributed by atoms with Gasteiger partial charge in [0.25, 0.3) is 5.91 Å². The molecule has 3 aromatic rings. The van der Waals surface area contributed by atoms with Crippen LogP contribution < -0.4 is 10.1 Å². The first kappa shape index (κ1) is 19.9. The molecule has 0 aliphatic carbocycles. The highest BCUT2D eigenvalue weighted by Gasteiger charge is 2.12. The molecule has 6 nitrogen and oxygen atoms in total. The molecule has 0 bridgehead atoms. The van der Waals surface area contributed by atoms with E-state index in [2.05, 4.69) is 10.1 Å². The molecule has 144 valence electrons. The highest BCUT2D eigenvalue weighted by molar-refractivity contribution is 6.31. The molecule has 0 heterocycles. The largest absolute Gasteiger partial charge is 0.465 e. The number of nitriles is 1. The number of methoxy groups -OCH3 is 1. The van der Waals surface area contributed by atoms with E-state index in [1.807, 2.05) is 6.07 Å². The predicted octanol–water partition coefficient (Wildman–Crippen LogP) is 5.04. The van der Waals surface area contributed by atoms with Crippen molar-refractivity contribution in [1.29, 1.82) is 5.26 Å². The highest BCUT2D eigenvalue weighted by Crippen LogP contribution is 2.32. The van der Waals surface area contributed by atoms with Crippen molar-refractivity contribution >= 4 is 29.2 Å². The van der Waals surface area contributed by atoms with Gasteiger partial charge in [-0.05, 0) is 66.7 Å². The number of hydrogen-bond donors (Lipinski definition) is 1. The van der Waals surface area contributed by atoms with E-state index in [9.17, 15) is 9.59 Å². The molecule has 0 radical (unpaired) electrons. The second-order valence-corrected chi connectivity index (χ2v) is 6.34. The summed E-state index contributed by atoms with van der Waals surface area (Å²) in [5, 5.41) is 12.0. The van der Waals surface area contributed by atoms with Gasteiger partial charge in [-0.25, -0.2) is 4.79 Å². The summed E-state index contributed by atoms with van der Waals surface area (Å²) in [4.78, 5) is 24.1. The Bertz CT molecular complexity index is 1090. The first-order valence-corrected chi connectivity index (χ1v) is 8.85. The fourth-order valence-electron chi connectivity index (χ4n) is 2.48. The minimum atomic E-state index is -0.446. The lowest BCUT2D eigenvalue weighted by Gasteiger charge is -2.13. The first-order valence-electron chi connectivity index (χ1n) is 8.47. The molecule has 0 fully saturated rings. The van der Waals surface area contributed by atoms with E-state index >= 15 is 0 Å². The monoisotopic (exact) mass is 406 g/mol. The van der Waals surface area contributed by atoms with Crippen LogP contribution in [0.3, 0.4) is 0 Å². The molecule has 0 saturated heterocycles. The Hall–Kier alpha value is -3.82. The number of carbonyl (C=O) groups excluding carboxylic acids is 2. The molecule has 29 heavy (non-hydrogen) atoms. The molecule has 0 aromatic heterocycles. The molecule has 0 atom stereocenters. The molecule has 1 amide bonds. The Balaban J connectivity index is 1.81. The van der Waals surface area contributed by atoms with Crippen LogP contribution in [0, 0.1) is 11.3 Å². The number of nitrogens with zero attached hydrogens (tertiary/aromatic N) is 1. The summed E-state index contributed by atoms with van der Waals surface area (Å²) in [5.74, 6) is 0.0251. The standard InChI is InChI=1S/C22H15ClN2O4/c1-28-22(27)16-6-9-18(10-7-16)29-20-11-8-17(23)12-19(20)25-21(26)15-4-2-14(13-24)3-5-15/h2-12H,1H3,(H,25,26). The van der Waals surface area contributed by atoms with Crippen molar-refractivity contribution in [1.82, 2.24) is 0 Å². The number of anilines is 1. The van der Waals surface area contributed by atoms with Crippen LogP contribution in [0.2, 0.25) is 5.02 Å². The summed E-state index contributed by atoms with van der Waals surface area (Å²) in [6, 6.07) is 19.5. The van der Waals surface area contributed by atoms with Crippen molar-refractivity contribution in [3.63, 3.8) is 0 Å². The second kappa shape index (κ2) is 8.91. The molecule has 1 N–H and O–H groups in total. The second-order valence-electron chi connectivity index (χ2n) is 5.90. The van der Waals surface area contributed by atoms with Crippen molar-refractivity contribution in [2.75, 3.05) is 12.4 Å². The maximum Gasteiger partial charge on any atom is 0.337 e. The minimum absolute atomic E-state index is 0.373. The summed E-state index contributed by atoms with van der Waals surface area (Å²) < 4.78 is 10.5. The van der Waals surface area contributed by atoms with Crippen molar-refractivity contribution < 1.29 is 19.1 Å². The third kappa shape index (κ3) is 4.92. The number of benzene rings is 3. The van der Waals surface area contributed by atoms with Gasteiger partial charge in [-0.3, -0.25) is 4.79 Å². The number of esters is 1. The van der Waals surface area contributed by atoms with Crippen LogP contribution in [0.15, 0.2) is 66.7 Å². The van der Waals surface area contributed by atoms with Gasteiger partial charge < -0.3 is 14.8 Å². The van der Waals surface area contributed by atoms with Gasteiger partial charge in [0, 0.05) is 10.6 Å². The molecule has 0 aliphatic rings. The average Bonchev–Trinajstić information content (AvgIpc) is 2.75. The lowest BCUT2D eigenvalue weighted by molar-refractivity contribution is 0.0600. The first-order chi connectivity index (χ1) is 14.0. The zero-order chi connectivity index (χ0) is 20.8. The van der Waals surface area contributed by atoms with Crippen LogP contribution in [-0.2, 0) is 4.74 Å². The SMILES string of the molecule is COC(=O)c1ccc(Oc2ccc(Cl)cc2NC(=O)c2ccc(C#N)cc2)cc1. The molecule has 3 rings (SSSR count). The van der Waals surface area contributed by atoms with Gasteiger partial charge in [0.15, 0.2) is 5.75 Å². The molecule has 7 heteroatoms. The van der Waals surface area contributed by atoms with Crippen molar-refractivity contribution in [3.8, 4) is 17.6 Å². The van der Waals surface area contributed by atoms with E-state index < -0.39 is 5.97 Å². The van der Waals surface area contributed by atoms with Crippen LogP contribution in [0.25, 0.3) is 0 Å². The van der Waals surface area contributed by atoms with Gasteiger partial charge in [0.1, 0.15) is 5.75 Å². The summed E-state index contributed by atoms with van der Waals surface area (Å²) in [7, 11) is 1.31. The number of ether oxygens (including phenoxy) is 2. The molecule has 0 unspecified atom stereocenters. The van der Waals surface area contributed by atoms with E-state index in [0.29, 0.717) is 38.9 Å². The van der Waals surface area contributed by atoms with E-state index in [1.165, 1.54) is 7.11 Å². The Morgan fingerprint density at radius 2 is 1.62 bits per heavy atom. The normalized spacial score (nSPS) is 9.97. The number of amides is 1. The maximum atomic E-state index is 12.5. The zero-order valence-electron chi connectivity index (χ0n) is 15.3. The summed E-state index contributed by atoms with van der Waals surface area (Å²) in [5.41, 5.74) is 1.62. The Morgan fingerprint density at radius 1 is 0.966 bits per heavy atom. The number of halogens is 1. The van der Waals surface area contributed by atoms with Gasteiger partial charge in [0.2, 0.25) is 0 Å². The van der Waals surface area contributed by atoms with E-state index in [4.69, 9.17) is 21.6 Å². The Morgan fingerprint density at radius 3 is 2.24 bits per heavy atom. The van der Waals surface area contributed by atoms with Crippen molar-refractivity contribution in [2.24, 2.45) is 0 Å². The smallest absolute Gasteiger partial charge is 0.337 e. The van der Waals surface area contributed by atoms with Crippen LogP contribution >= 0.6 is 11.6 Å². The van der Waals surface area contributed by atoms with E-state index in [0.717, 1.165) is 0 Å². The molecular weight excluding hydrogens is 392 g/mol. The fourth-order valence-corrected chi connectivity index (χ4v) is 2.66. The maximum absolute atomic E-state index is 12.5. The van der Waals surface area contributed by atoms with Gasteiger partial charge >= 0.3 is 5.97 Å². The number of carbonyl (C=O) groups is 2. The van der Waals surface area contributed by atoms with Gasteiger partial charge in [-0.2, -0.15) is 5.26 Å². The van der Waals surface area contributed by atoms with Crippen molar-refractivity contribution in [2.45, 2.75) is 0 Å². The van der Waals surface area contributed by atoms with Gasteiger partial charge in [-0.15, -0.1) is 0 Å². The minimum Gasteiger partial charge on any atom is -0.465 e. The highest BCUT2D eigenvalue weighted by atomic mass is 35.5. The lowest BCUT2D eigenvalue weighted by Crippen LogP contribution is -2.12. The van der Waals surface area contributed by atoms with E-state index in [1.54, 1.807) is 66.7 Å². The van der Waals surface area contributed by atoms with Crippen LogP contribution in [0.1, 0.15) is 26.3 Å². The number of hydrogen-bond acceptors (Lipinski definition) is 5. The van der Waals surface area contributed by atoms with E-state index in [-0.39, 0.29) is 5.91 Å². The summed E-state index contributed by atoms with van der Waals surface area (Å²) in [6.07, 6.45) is 0. The summed E-state index contributed by atoms with van der Waals surface area (Å²) in [6.45, 7) is 0. The van der Waals surface area contributed by atoms with Crippen molar-refractivity contribution in [3.05, 3.63) is 88.4 Å². The average molecular weight is 407 g/mol. The molecular formula is C22H15ClN2O4. The Labute approximate surface area is 172 Å². The molecule has 0 saturated carbocycles. The third-order valence-corrected chi connectivity index (χ3v) is 4.20. The molecule has 3 aromatic carbocycles. The molecule has 0 aliphatic heterocycles. The lowest BCUT2D eigenvalue weighted by atomic mass is 10.1. The fraction of sp³-hybridized carbons (Fsp3) is 0.0455. The Kier molecular flexibility index (Phi) is 6.12. The number of rotatable bonds is 5. The van der Waals surface area contributed by atoms with Gasteiger partial charge in [-0.1, -0.05) is 11.6 Å².